The summed E-state index contributed by atoms with van der Waals surface area (Å²) in [6, 6.07) is 9.81. The molecule has 1 N–H and O–H groups in total. The van der Waals surface area contributed by atoms with Crippen LogP contribution in [0.25, 0.3) is 0 Å². The van der Waals surface area contributed by atoms with E-state index >= 15 is 0 Å². The SMILES string of the molecule is COC(=O)Nc1ccc2c(c1)N(S(=O)(=O)c1ccc(F)cc1)CCC2. The Morgan fingerprint density at radius 3 is 2.60 bits per heavy atom. The summed E-state index contributed by atoms with van der Waals surface area (Å²) in [5.41, 5.74) is 1.81. The molecule has 0 bridgehead atoms. The van der Waals surface area contributed by atoms with Crippen LogP contribution in [0.5, 0.6) is 0 Å². The lowest BCUT2D eigenvalue weighted by atomic mass is 10.0. The first-order chi connectivity index (χ1) is 11.9. The largest absolute Gasteiger partial charge is 0.453 e. The molecule has 132 valence electrons. The molecule has 0 spiro atoms. The van der Waals surface area contributed by atoms with E-state index in [4.69, 9.17) is 0 Å². The Kier molecular flexibility index (Phi) is 4.63. The molecule has 1 aliphatic heterocycles. The minimum Gasteiger partial charge on any atom is -0.453 e. The van der Waals surface area contributed by atoms with Gasteiger partial charge in [0.2, 0.25) is 0 Å². The summed E-state index contributed by atoms with van der Waals surface area (Å²) < 4.78 is 44.8. The van der Waals surface area contributed by atoms with Crippen molar-refractivity contribution in [3.05, 3.63) is 53.8 Å². The monoisotopic (exact) mass is 364 g/mol. The van der Waals surface area contributed by atoms with E-state index in [1.54, 1.807) is 18.2 Å². The molecule has 1 heterocycles. The summed E-state index contributed by atoms with van der Waals surface area (Å²) in [6.45, 7) is 0.314. The summed E-state index contributed by atoms with van der Waals surface area (Å²) in [7, 11) is -2.57. The van der Waals surface area contributed by atoms with Gasteiger partial charge in [0.25, 0.3) is 10.0 Å². The van der Waals surface area contributed by atoms with E-state index < -0.39 is 21.9 Å². The van der Waals surface area contributed by atoms with Gasteiger partial charge in [-0.2, -0.15) is 0 Å². The normalized spacial score (nSPS) is 13.9. The lowest BCUT2D eigenvalue weighted by Crippen LogP contribution is -2.35. The molecular formula is C17H17FN2O4S. The van der Waals surface area contributed by atoms with Crippen molar-refractivity contribution in [1.29, 1.82) is 0 Å². The van der Waals surface area contributed by atoms with Gasteiger partial charge < -0.3 is 4.74 Å². The first-order valence-corrected chi connectivity index (χ1v) is 9.12. The van der Waals surface area contributed by atoms with Gasteiger partial charge in [0.15, 0.2) is 0 Å². The molecule has 0 aliphatic carbocycles. The number of rotatable bonds is 3. The van der Waals surface area contributed by atoms with E-state index in [0.29, 0.717) is 24.3 Å². The van der Waals surface area contributed by atoms with E-state index in [1.807, 2.05) is 0 Å². The maximum Gasteiger partial charge on any atom is 0.411 e. The molecule has 0 aromatic heterocycles. The van der Waals surface area contributed by atoms with Crippen molar-refractivity contribution in [3.63, 3.8) is 0 Å². The fourth-order valence-electron chi connectivity index (χ4n) is 2.77. The summed E-state index contributed by atoms with van der Waals surface area (Å²) in [5, 5.41) is 2.53. The maximum absolute atomic E-state index is 13.1. The number of halogens is 1. The van der Waals surface area contributed by atoms with Crippen LogP contribution in [0.4, 0.5) is 20.6 Å². The number of carbonyl (C=O) groups is 1. The minimum atomic E-state index is -3.82. The number of amides is 1. The van der Waals surface area contributed by atoms with Crippen LogP contribution in [0.2, 0.25) is 0 Å². The maximum atomic E-state index is 13.1. The highest BCUT2D eigenvalue weighted by Crippen LogP contribution is 2.34. The summed E-state index contributed by atoms with van der Waals surface area (Å²) in [5.74, 6) is -0.498. The molecule has 0 unspecified atom stereocenters. The second kappa shape index (κ2) is 6.72. The predicted octanol–water partition coefficient (Wildman–Crippen LogP) is 3.15. The van der Waals surface area contributed by atoms with Crippen LogP contribution in [0, 0.1) is 5.82 Å². The Labute approximate surface area is 145 Å². The molecule has 25 heavy (non-hydrogen) atoms. The van der Waals surface area contributed by atoms with Crippen LogP contribution in [-0.2, 0) is 21.2 Å². The van der Waals surface area contributed by atoms with Crippen molar-refractivity contribution in [2.45, 2.75) is 17.7 Å². The summed E-state index contributed by atoms with van der Waals surface area (Å²) >= 11 is 0. The molecule has 1 aliphatic rings. The highest BCUT2D eigenvalue weighted by molar-refractivity contribution is 7.92. The van der Waals surface area contributed by atoms with Gasteiger partial charge in [0.1, 0.15) is 5.82 Å². The second-order valence-corrected chi connectivity index (χ2v) is 7.46. The van der Waals surface area contributed by atoms with Gasteiger partial charge in [0.05, 0.1) is 17.7 Å². The van der Waals surface area contributed by atoms with Crippen molar-refractivity contribution in [3.8, 4) is 0 Å². The topological polar surface area (TPSA) is 75.7 Å². The van der Waals surface area contributed by atoms with Crippen LogP contribution < -0.4 is 9.62 Å². The smallest absolute Gasteiger partial charge is 0.411 e. The molecule has 3 rings (SSSR count). The number of fused-ring (bicyclic) bond motifs is 1. The Balaban J connectivity index is 2.01. The number of carbonyl (C=O) groups excluding carboxylic acids is 1. The zero-order valence-electron chi connectivity index (χ0n) is 13.5. The van der Waals surface area contributed by atoms with Gasteiger partial charge in [-0.25, -0.2) is 17.6 Å². The van der Waals surface area contributed by atoms with Crippen LogP contribution in [0.1, 0.15) is 12.0 Å². The third kappa shape index (κ3) is 3.43. The van der Waals surface area contributed by atoms with Crippen LogP contribution >= 0.6 is 0 Å². The van der Waals surface area contributed by atoms with Gasteiger partial charge >= 0.3 is 6.09 Å². The standard InChI is InChI=1S/C17H17FN2O4S/c1-24-17(21)19-14-7-4-12-3-2-10-20(16(12)11-14)25(22,23)15-8-5-13(18)6-9-15/h4-9,11H,2-3,10H2,1H3,(H,19,21). The van der Waals surface area contributed by atoms with E-state index in [1.165, 1.54) is 23.5 Å². The number of benzene rings is 2. The number of methoxy groups -OCH3 is 1. The number of nitrogens with zero attached hydrogens (tertiary/aromatic N) is 1. The molecule has 0 radical (unpaired) electrons. The fourth-order valence-corrected chi connectivity index (χ4v) is 4.30. The molecule has 6 nitrogen and oxygen atoms in total. The molecule has 0 saturated heterocycles. The van der Waals surface area contributed by atoms with Crippen molar-refractivity contribution >= 4 is 27.5 Å². The molecule has 2 aromatic carbocycles. The van der Waals surface area contributed by atoms with Crippen molar-refractivity contribution < 1.29 is 22.3 Å². The zero-order valence-corrected chi connectivity index (χ0v) is 14.3. The minimum absolute atomic E-state index is 0.0214. The van der Waals surface area contributed by atoms with Crippen molar-refractivity contribution in [1.82, 2.24) is 0 Å². The number of anilines is 2. The molecule has 0 fully saturated rings. The van der Waals surface area contributed by atoms with Crippen LogP contribution in [-0.4, -0.2) is 28.2 Å². The van der Waals surface area contributed by atoms with E-state index in [2.05, 4.69) is 10.1 Å². The van der Waals surface area contributed by atoms with Gasteiger partial charge in [-0.15, -0.1) is 0 Å². The molecule has 8 heteroatoms. The van der Waals surface area contributed by atoms with E-state index in [0.717, 1.165) is 24.1 Å². The number of sulfonamides is 1. The third-order valence-corrected chi connectivity index (χ3v) is 5.82. The molecule has 2 aromatic rings. The number of ether oxygens (including phenoxy) is 1. The summed E-state index contributed by atoms with van der Waals surface area (Å²) in [6.07, 6.45) is 0.782. The molecule has 0 saturated carbocycles. The first kappa shape index (κ1) is 17.2. The Bertz CT molecular complexity index is 897. The van der Waals surface area contributed by atoms with Gasteiger partial charge in [-0.1, -0.05) is 6.07 Å². The first-order valence-electron chi connectivity index (χ1n) is 7.68. The highest BCUT2D eigenvalue weighted by atomic mass is 32.2. The number of hydrogen-bond acceptors (Lipinski definition) is 4. The van der Waals surface area contributed by atoms with Gasteiger partial charge in [0, 0.05) is 12.2 Å². The Morgan fingerprint density at radius 1 is 1.20 bits per heavy atom. The lowest BCUT2D eigenvalue weighted by molar-refractivity contribution is 0.187. The van der Waals surface area contributed by atoms with Gasteiger partial charge in [-0.3, -0.25) is 9.62 Å². The quantitative estimate of drug-likeness (QED) is 0.908. The Morgan fingerprint density at radius 2 is 1.92 bits per heavy atom. The molecule has 0 atom stereocenters. The van der Waals surface area contributed by atoms with Crippen molar-refractivity contribution in [2.75, 3.05) is 23.3 Å². The van der Waals surface area contributed by atoms with E-state index in [9.17, 15) is 17.6 Å². The van der Waals surface area contributed by atoms with Crippen LogP contribution in [0.15, 0.2) is 47.4 Å². The predicted molar refractivity (Wildman–Crippen MR) is 91.7 cm³/mol. The average molecular weight is 364 g/mol. The summed E-state index contributed by atoms with van der Waals surface area (Å²) in [4.78, 5) is 11.4. The van der Waals surface area contributed by atoms with Crippen molar-refractivity contribution in [2.24, 2.45) is 0 Å². The number of hydrogen-bond donors (Lipinski definition) is 1. The zero-order chi connectivity index (χ0) is 18.0. The average Bonchev–Trinajstić information content (AvgIpc) is 2.61. The fraction of sp³-hybridized carbons (Fsp3) is 0.235. The second-order valence-electron chi connectivity index (χ2n) is 5.59. The molecular weight excluding hydrogens is 347 g/mol. The third-order valence-electron chi connectivity index (χ3n) is 3.99. The highest BCUT2D eigenvalue weighted by Gasteiger charge is 2.29. The number of aryl methyl sites for hydroxylation is 1. The van der Waals surface area contributed by atoms with Gasteiger partial charge in [-0.05, 0) is 54.8 Å². The Hall–Kier alpha value is -2.61. The molecule has 1 amide bonds. The lowest BCUT2D eigenvalue weighted by Gasteiger charge is -2.31. The van der Waals surface area contributed by atoms with Crippen LogP contribution in [0.3, 0.4) is 0 Å². The van der Waals surface area contributed by atoms with E-state index in [-0.39, 0.29) is 4.90 Å². The number of nitrogens with one attached hydrogen (secondary N) is 1.